The first-order valence-electron chi connectivity index (χ1n) is 11.4. The summed E-state index contributed by atoms with van der Waals surface area (Å²) >= 11 is 3.51. The Morgan fingerprint density at radius 1 is 1.11 bits per heavy atom. The number of nitrogens with one attached hydrogen (secondary N) is 1. The number of amides is 1. The van der Waals surface area contributed by atoms with E-state index in [1.807, 2.05) is 0 Å². The van der Waals surface area contributed by atoms with Crippen molar-refractivity contribution in [2.45, 2.75) is 38.9 Å². The van der Waals surface area contributed by atoms with Crippen LogP contribution in [0.4, 0.5) is 5.69 Å². The summed E-state index contributed by atoms with van der Waals surface area (Å²) in [6.45, 7) is 6.80. The molecule has 3 rings (SSSR count). The quantitative estimate of drug-likeness (QED) is 0.254. The molecule has 0 spiro atoms. The Bertz CT molecular complexity index is 1240. The fourth-order valence-corrected chi connectivity index (χ4v) is 3.78. The van der Waals surface area contributed by atoms with Gasteiger partial charge in [0.05, 0.1) is 28.6 Å². The lowest BCUT2D eigenvalue weighted by Gasteiger charge is -2.20. The number of esters is 3. The van der Waals surface area contributed by atoms with Gasteiger partial charge in [-0.25, -0.2) is 9.59 Å². The van der Waals surface area contributed by atoms with Crippen molar-refractivity contribution in [3.63, 3.8) is 0 Å². The highest BCUT2D eigenvalue weighted by Gasteiger charge is 2.28. The van der Waals surface area contributed by atoms with Crippen LogP contribution >= 0.6 is 15.9 Å². The number of rotatable bonds is 10. The molecule has 2 atom stereocenters. The highest BCUT2D eigenvalue weighted by molar-refractivity contribution is 9.10. The molecule has 37 heavy (non-hydrogen) atoms. The monoisotopic (exact) mass is 575 g/mol. The number of fused-ring (bicyclic) bond motifs is 1. The first kappa shape index (κ1) is 27.7. The van der Waals surface area contributed by atoms with Gasteiger partial charge in [-0.1, -0.05) is 12.7 Å². The molecule has 196 valence electrons. The molecule has 2 heterocycles. The zero-order valence-electron chi connectivity index (χ0n) is 20.3. The molecule has 2 aromatic rings. The second-order valence-electron chi connectivity index (χ2n) is 7.86. The van der Waals surface area contributed by atoms with Crippen LogP contribution in [0.15, 0.2) is 46.6 Å². The summed E-state index contributed by atoms with van der Waals surface area (Å²) in [4.78, 5) is 63.1. The van der Waals surface area contributed by atoms with Crippen LogP contribution in [0.3, 0.4) is 0 Å². The van der Waals surface area contributed by atoms with Crippen molar-refractivity contribution in [2.75, 3.05) is 25.0 Å². The van der Waals surface area contributed by atoms with Crippen LogP contribution in [0.1, 0.15) is 26.7 Å². The van der Waals surface area contributed by atoms with E-state index in [-0.39, 0.29) is 25.4 Å². The van der Waals surface area contributed by atoms with Crippen LogP contribution < -0.4 is 5.32 Å². The van der Waals surface area contributed by atoms with Crippen molar-refractivity contribution in [1.82, 2.24) is 14.9 Å². The first-order chi connectivity index (χ1) is 17.7. The molecule has 0 bridgehead atoms. The molecule has 0 saturated heterocycles. The number of benzene rings is 1. The third-order valence-electron chi connectivity index (χ3n) is 5.12. The van der Waals surface area contributed by atoms with Crippen molar-refractivity contribution >= 4 is 62.4 Å². The summed E-state index contributed by atoms with van der Waals surface area (Å²) in [5.74, 6) is -2.42. The zero-order chi connectivity index (χ0) is 26.9. The Morgan fingerprint density at radius 2 is 1.84 bits per heavy atom. The summed E-state index contributed by atoms with van der Waals surface area (Å²) in [6.07, 6.45) is 1.70. The minimum Gasteiger partial charge on any atom is -0.459 e. The molecular formula is C24H26BrN5O7. The predicted octanol–water partition coefficient (Wildman–Crippen LogP) is 2.38. The fraction of sp³-hybridized carbons (Fsp3) is 0.375. The lowest BCUT2D eigenvalue weighted by Crippen LogP contribution is -2.38. The average Bonchev–Trinajstić information content (AvgIpc) is 3.35. The largest absolute Gasteiger partial charge is 0.459 e. The second kappa shape index (κ2) is 12.9. The van der Waals surface area contributed by atoms with E-state index in [1.165, 1.54) is 24.8 Å². The summed E-state index contributed by atoms with van der Waals surface area (Å²) < 4.78 is 15.5. The van der Waals surface area contributed by atoms with E-state index < -0.39 is 30.1 Å². The smallest absolute Gasteiger partial charge is 0.347 e. The number of carbonyl (C=O) groups excluding carboxylic acids is 4. The van der Waals surface area contributed by atoms with E-state index in [9.17, 15) is 19.2 Å². The van der Waals surface area contributed by atoms with Gasteiger partial charge in [0.25, 0.3) is 0 Å². The standard InChI is InChI=1S/C24H26BrN5O7/c1-4-13-35-22(33)14(2)37-23(34)15(3)36-19(32)8-7-18(31)30-12-11-28-24(30)29-16-5-6-17-21(20(16)25)27-10-9-26-17/h4-6,9-10,14-15H,1,7-8,11-13H2,2-3H3,(H,28,29)/t14-,15-/m0/s1. The first-order valence-corrected chi connectivity index (χ1v) is 12.2. The van der Waals surface area contributed by atoms with E-state index in [1.54, 1.807) is 24.5 Å². The number of carbonyl (C=O) groups is 4. The highest BCUT2D eigenvalue weighted by atomic mass is 79.9. The van der Waals surface area contributed by atoms with Crippen LogP contribution in [0.25, 0.3) is 11.0 Å². The SMILES string of the molecule is C=CCOC(=O)[C@H](C)OC(=O)[C@H](C)OC(=O)CCC(=O)N1CCN=C1Nc1ccc2nccnc2c1Br. The van der Waals surface area contributed by atoms with Gasteiger partial charge >= 0.3 is 17.9 Å². The van der Waals surface area contributed by atoms with Gasteiger partial charge in [-0.15, -0.1) is 0 Å². The second-order valence-corrected chi connectivity index (χ2v) is 8.65. The molecule has 1 aliphatic rings. The number of anilines is 1. The Morgan fingerprint density at radius 3 is 2.59 bits per heavy atom. The zero-order valence-corrected chi connectivity index (χ0v) is 21.9. The molecule has 0 saturated carbocycles. The van der Waals surface area contributed by atoms with Crippen molar-refractivity contribution in [3.8, 4) is 0 Å². The number of guanidine groups is 1. The number of aromatic nitrogens is 2. The van der Waals surface area contributed by atoms with Crippen molar-refractivity contribution < 1.29 is 33.4 Å². The molecule has 1 aromatic carbocycles. The summed E-state index contributed by atoms with van der Waals surface area (Å²) in [6, 6.07) is 3.59. The minimum absolute atomic E-state index is 0.0214. The van der Waals surface area contributed by atoms with E-state index in [0.717, 1.165) is 0 Å². The van der Waals surface area contributed by atoms with Gasteiger partial charge in [0.2, 0.25) is 11.9 Å². The van der Waals surface area contributed by atoms with Gasteiger partial charge in [-0.05, 0) is 41.9 Å². The molecule has 0 unspecified atom stereocenters. The Labute approximate surface area is 221 Å². The lowest BCUT2D eigenvalue weighted by atomic mass is 10.2. The predicted molar refractivity (Wildman–Crippen MR) is 136 cm³/mol. The summed E-state index contributed by atoms with van der Waals surface area (Å²) in [5.41, 5.74) is 2.02. The van der Waals surface area contributed by atoms with E-state index in [0.29, 0.717) is 40.2 Å². The van der Waals surface area contributed by atoms with E-state index >= 15 is 0 Å². The van der Waals surface area contributed by atoms with Gasteiger partial charge < -0.3 is 19.5 Å². The Balaban J connectivity index is 1.49. The van der Waals surface area contributed by atoms with Crippen molar-refractivity contribution in [2.24, 2.45) is 4.99 Å². The molecule has 1 amide bonds. The average molecular weight is 576 g/mol. The van der Waals surface area contributed by atoms with Gasteiger partial charge in [0, 0.05) is 25.4 Å². The van der Waals surface area contributed by atoms with Gasteiger partial charge in [0.15, 0.2) is 12.2 Å². The fourth-order valence-electron chi connectivity index (χ4n) is 3.24. The summed E-state index contributed by atoms with van der Waals surface area (Å²) in [7, 11) is 0. The van der Waals surface area contributed by atoms with Crippen LogP contribution in [-0.4, -0.2) is 76.5 Å². The molecule has 0 radical (unpaired) electrons. The van der Waals surface area contributed by atoms with E-state index in [4.69, 9.17) is 14.2 Å². The van der Waals surface area contributed by atoms with Crippen LogP contribution in [0.5, 0.6) is 0 Å². The topological polar surface area (TPSA) is 149 Å². The molecule has 1 aromatic heterocycles. The number of ether oxygens (including phenoxy) is 3. The van der Waals surface area contributed by atoms with Crippen LogP contribution in [-0.2, 0) is 33.4 Å². The molecule has 0 aliphatic carbocycles. The van der Waals surface area contributed by atoms with Crippen LogP contribution in [0.2, 0.25) is 0 Å². The minimum atomic E-state index is -1.27. The van der Waals surface area contributed by atoms with Crippen molar-refractivity contribution in [1.29, 1.82) is 0 Å². The van der Waals surface area contributed by atoms with Crippen LogP contribution in [0, 0.1) is 0 Å². The van der Waals surface area contributed by atoms with E-state index in [2.05, 4.69) is 42.8 Å². The highest BCUT2D eigenvalue weighted by Crippen LogP contribution is 2.29. The number of aliphatic imine (C=N–C) groups is 1. The van der Waals surface area contributed by atoms with Gasteiger partial charge in [0.1, 0.15) is 12.1 Å². The van der Waals surface area contributed by atoms with Crippen molar-refractivity contribution in [3.05, 3.63) is 41.7 Å². The summed E-state index contributed by atoms with van der Waals surface area (Å²) in [5, 5.41) is 3.13. The number of hydrogen-bond acceptors (Lipinski definition) is 11. The molecule has 0 fully saturated rings. The number of halogens is 1. The normalized spacial score (nSPS) is 14.4. The third kappa shape index (κ3) is 7.32. The maximum Gasteiger partial charge on any atom is 0.347 e. The van der Waals surface area contributed by atoms with Gasteiger partial charge in [-0.2, -0.15) is 0 Å². The molecule has 13 heteroatoms. The Kier molecular flexibility index (Phi) is 9.66. The molecular weight excluding hydrogens is 550 g/mol. The maximum absolute atomic E-state index is 12.8. The van der Waals surface area contributed by atoms with Gasteiger partial charge in [-0.3, -0.25) is 29.4 Å². The maximum atomic E-state index is 12.8. The molecule has 1 aliphatic heterocycles. The number of nitrogens with zero attached hydrogens (tertiary/aromatic N) is 4. The third-order valence-corrected chi connectivity index (χ3v) is 5.92. The molecule has 12 nitrogen and oxygen atoms in total. The lowest BCUT2D eigenvalue weighted by molar-refractivity contribution is -0.176. The molecule has 1 N–H and O–H groups in total. The Hall–Kier alpha value is -3.87. The number of hydrogen-bond donors (Lipinski definition) is 1.